The van der Waals surface area contributed by atoms with E-state index in [1.807, 2.05) is 42.5 Å². The summed E-state index contributed by atoms with van der Waals surface area (Å²) >= 11 is 1.26. The van der Waals surface area contributed by atoms with Gasteiger partial charge in [0.05, 0.1) is 24.8 Å². The number of para-hydroxylation sites is 1. The summed E-state index contributed by atoms with van der Waals surface area (Å²) in [6, 6.07) is 15.0. The number of nitrogens with zero attached hydrogens (tertiary/aromatic N) is 1. The van der Waals surface area contributed by atoms with Crippen molar-refractivity contribution in [2.45, 2.75) is 0 Å². The normalized spacial score (nSPS) is 16.8. The van der Waals surface area contributed by atoms with E-state index in [2.05, 4.69) is 15.8 Å². The van der Waals surface area contributed by atoms with Crippen LogP contribution in [0.1, 0.15) is 5.56 Å². The van der Waals surface area contributed by atoms with E-state index in [0.717, 1.165) is 11.3 Å². The van der Waals surface area contributed by atoms with Gasteiger partial charge in [0.15, 0.2) is 5.17 Å². The van der Waals surface area contributed by atoms with Gasteiger partial charge in [-0.05, 0) is 42.1 Å². The Morgan fingerprint density at radius 3 is 2.64 bits per heavy atom. The molecular weight excluding hydrogens is 338 g/mol. The van der Waals surface area contributed by atoms with Crippen LogP contribution in [0, 0.1) is 0 Å². The molecule has 0 aromatic heterocycles. The molecule has 7 heteroatoms. The molecule has 128 valence electrons. The largest absolute Gasteiger partial charge is 0.497 e. The van der Waals surface area contributed by atoms with Crippen LogP contribution in [0.3, 0.4) is 0 Å². The van der Waals surface area contributed by atoms with Gasteiger partial charge in [-0.2, -0.15) is 0 Å². The first kappa shape index (κ1) is 16.9. The Labute approximate surface area is 149 Å². The van der Waals surface area contributed by atoms with Crippen molar-refractivity contribution in [3.05, 3.63) is 59.0 Å². The van der Waals surface area contributed by atoms with Crippen molar-refractivity contribution in [1.29, 1.82) is 0 Å². The summed E-state index contributed by atoms with van der Waals surface area (Å²) in [6.07, 6.45) is 1.77. The van der Waals surface area contributed by atoms with Crippen LogP contribution in [0.5, 0.6) is 11.5 Å². The zero-order valence-corrected chi connectivity index (χ0v) is 14.6. The maximum atomic E-state index is 12.1. The van der Waals surface area contributed by atoms with Gasteiger partial charge in [0.25, 0.3) is 5.91 Å². The minimum Gasteiger partial charge on any atom is -0.497 e. The molecule has 1 aliphatic rings. The maximum absolute atomic E-state index is 12.1. The van der Waals surface area contributed by atoms with E-state index in [1.54, 1.807) is 26.4 Å². The van der Waals surface area contributed by atoms with Crippen molar-refractivity contribution in [3.8, 4) is 11.5 Å². The summed E-state index contributed by atoms with van der Waals surface area (Å²) in [7, 11) is 3.17. The second kappa shape index (κ2) is 7.76. The van der Waals surface area contributed by atoms with Crippen LogP contribution in [-0.4, -0.2) is 25.3 Å². The highest BCUT2D eigenvalue weighted by molar-refractivity contribution is 8.18. The van der Waals surface area contributed by atoms with Gasteiger partial charge < -0.3 is 9.47 Å². The van der Waals surface area contributed by atoms with Crippen LogP contribution in [0.4, 0.5) is 5.69 Å². The molecule has 1 aliphatic heterocycles. The number of thioether (sulfide) groups is 1. The molecule has 0 unspecified atom stereocenters. The van der Waals surface area contributed by atoms with Gasteiger partial charge >= 0.3 is 0 Å². The SMILES string of the molecule is COc1ccc(C=C2S/C(=N/Nc3ccccc3)NC2=O)c(OC)c1. The molecule has 0 radical (unpaired) electrons. The maximum Gasteiger partial charge on any atom is 0.264 e. The number of anilines is 1. The Morgan fingerprint density at radius 1 is 1.12 bits per heavy atom. The molecule has 1 amide bonds. The topological polar surface area (TPSA) is 72.0 Å². The summed E-state index contributed by atoms with van der Waals surface area (Å²) in [5, 5.41) is 7.44. The fraction of sp³-hybridized carbons (Fsp3) is 0.111. The number of hydrazone groups is 1. The van der Waals surface area contributed by atoms with Crippen LogP contribution in [0.15, 0.2) is 58.5 Å². The van der Waals surface area contributed by atoms with Crippen molar-refractivity contribution in [3.63, 3.8) is 0 Å². The first-order valence-electron chi connectivity index (χ1n) is 7.51. The summed E-state index contributed by atoms with van der Waals surface area (Å²) in [5.74, 6) is 1.13. The number of amidine groups is 1. The molecule has 2 aromatic carbocycles. The number of hydrogen-bond acceptors (Lipinski definition) is 6. The number of ether oxygens (including phenoxy) is 2. The molecule has 0 saturated carbocycles. The third-order valence-electron chi connectivity index (χ3n) is 3.44. The predicted octanol–water partition coefficient (Wildman–Crippen LogP) is 3.29. The Morgan fingerprint density at radius 2 is 1.92 bits per heavy atom. The Bertz CT molecular complexity index is 835. The van der Waals surface area contributed by atoms with Gasteiger partial charge in [0.1, 0.15) is 11.5 Å². The summed E-state index contributed by atoms with van der Waals surface area (Å²) in [4.78, 5) is 12.7. The molecule has 1 heterocycles. The van der Waals surface area contributed by atoms with E-state index in [1.165, 1.54) is 11.8 Å². The summed E-state index contributed by atoms with van der Waals surface area (Å²) < 4.78 is 10.5. The molecular formula is C18H17N3O3S. The van der Waals surface area contributed by atoms with Crippen molar-refractivity contribution in [2.24, 2.45) is 5.10 Å². The number of nitrogens with one attached hydrogen (secondary N) is 2. The van der Waals surface area contributed by atoms with Crippen molar-refractivity contribution < 1.29 is 14.3 Å². The highest BCUT2D eigenvalue weighted by Crippen LogP contribution is 2.31. The molecule has 2 N–H and O–H groups in total. The zero-order valence-electron chi connectivity index (χ0n) is 13.8. The predicted molar refractivity (Wildman–Crippen MR) is 101 cm³/mol. The smallest absolute Gasteiger partial charge is 0.264 e. The minimum atomic E-state index is -0.198. The lowest BCUT2D eigenvalue weighted by atomic mass is 10.1. The van der Waals surface area contributed by atoms with Gasteiger partial charge in [0, 0.05) is 11.6 Å². The van der Waals surface area contributed by atoms with E-state index in [9.17, 15) is 4.79 Å². The third-order valence-corrected chi connectivity index (χ3v) is 4.35. The van der Waals surface area contributed by atoms with E-state index in [-0.39, 0.29) is 5.91 Å². The molecule has 25 heavy (non-hydrogen) atoms. The van der Waals surface area contributed by atoms with E-state index >= 15 is 0 Å². The van der Waals surface area contributed by atoms with Crippen molar-refractivity contribution in [2.75, 3.05) is 19.6 Å². The highest BCUT2D eigenvalue weighted by atomic mass is 32.2. The van der Waals surface area contributed by atoms with Crippen LogP contribution < -0.4 is 20.2 Å². The average Bonchev–Trinajstić information content (AvgIpc) is 3.00. The summed E-state index contributed by atoms with van der Waals surface area (Å²) in [5.41, 5.74) is 4.55. The molecule has 0 bridgehead atoms. The monoisotopic (exact) mass is 355 g/mol. The standard InChI is InChI=1S/C18H17N3O3S/c1-23-14-9-8-12(15(11-14)24-2)10-16-17(22)19-18(25-16)21-20-13-6-4-3-5-7-13/h3-11,20H,1-2H3,(H,19,21,22). The molecule has 6 nitrogen and oxygen atoms in total. The first-order chi connectivity index (χ1) is 12.2. The minimum absolute atomic E-state index is 0.198. The Hall–Kier alpha value is -2.93. The number of amides is 1. The van der Waals surface area contributed by atoms with Gasteiger partial charge in [-0.25, -0.2) is 0 Å². The number of carbonyl (C=O) groups is 1. The van der Waals surface area contributed by atoms with Gasteiger partial charge in [0.2, 0.25) is 0 Å². The van der Waals surface area contributed by atoms with E-state index < -0.39 is 0 Å². The third kappa shape index (κ3) is 4.13. The number of rotatable bonds is 5. The number of methoxy groups -OCH3 is 2. The molecule has 0 atom stereocenters. The Balaban J connectivity index is 1.77. The fourth-order valence-corrected chi connectivity index (χ4v) is 2.96. The van der Waals surface area contributed by atoms with Crippen LogP contribution >= 0.6 is 11.8 Å². The van der Waals surface area contributed by atoms with E-state index in [4.69, 9.17) is 9.47 Å². The quantitative estimate of drug-likeness (QED) is 0.636. The van der Waals surface area contributed by atoms with E-state index in [0.29, 0.717) is 21.6 Å². The zero-order chi connectivity index (χ0) is 17.6. The van der Waals surface area contributed by atoms with Crippen LogP contribution in [0.25, 0.3) is 6.08 Å². The fourth-order valence-electron chi connectivity index (χ4n) is 2.19. The van der Waals surface area contributed by atoms with Gasteiger partial charge in [-0.1, -0.05) is 18.2 Å². The lowest BCUT2D eigenvalue weighted by molar-refractivity contribution is -0.115. The lowest BCUT2D eigenvalue weighted by Gasteiger charge is -2.07. The lowest BCUT2D eigenvalue weighted by Crippen LogP contribution is -2.20. The molecule has 1 saturated heterocycles. The molecule has 3 rings (SSSR count). The number of carbonyl (C=O) groups excluding carboxylic acids is 1. The van der Waals surface area contributed by atoms with Crippen LogP contribution in [-0.2, 0) is 4.79 Å². The molecule has 1 fully saturated rings. The molecule has 2 aromatic rings. The second-order valence-corrected chi connectivity index (χ2v) is 6.10. The average molecular weight is 355 g/mol. The Kier molecular flexibility index (Phi) is 5.25. The number of hydrogen-bond donors (Lipinski definition) is 2. The van der Waals surface area contributed by atoms with Crippen molar-refractivity contribution >= 4 is 34.6 Å². The summed E-state index contributed by atoms with van der Waals surface area (Å²) in [6.45, 7) is 0. The van der Waals surface area contributed by atoms with Crippen LogP contribution in [0.2, 0.25) is 0 Å². The van der Waals surface area contributed by atoms with Gasteiger partial charge in [-0.3, -0.25) is 15.5 Å². The second-order valence-electron chi connectivity index (χ2n) is 5.07. The van der Waals surface area contributed by atoms with Gasteiger partial charge in [-0.15, -0.1) is 5.10 Å². The number of benzene rings is 2. The first-order valence-corrected chi connectivity index (χ1v) is 8.33. The van der Waals surface area contributed by atoms with Crippen molar-refractivity contribution in [1.82, 2.24) is 5.32 Å². The highest BCUT2D eigenvalue weighted by Gasteiger charge is 2.24. The molecule has 0 aliphatic carbocycles. The molecule has 0 spiro atoms.